The van der Waals surface area contributed by atoms with E-state index in [1.807, 2.05) is 0 Å². The van der Waals surface area contributed by atoms with Gasteiger partial charge in [0.2, 0.25) is 0 Å². The molecule has 160 valence electrons. The Bertz CT molecular complexity index is 915. The van der Waals surface area contributed by atoms with Gasteiger partial charge in [0.25, 0.3) is 0 Å². The summed E-state index contributed by atoms with van der Waals surface area (Å²) in [6.45, 7) is 4.49. The van der Waals surface area contributed by atoms with Gasteiger partial charge < -0.3 is 18.9 Å². The summed E-state index contributed by atoms with van der Waals surface area (Å²) >= 11 is 0. The maximum atomic E-state index is 12.3. The minimum Gasteiger partial charge on any atom is -0.462 e. The standard InChI is InChI=1S/C21H19F3O6/c1-4-27-20(26)19(13(2)28-14(3)25)15-5-7-16(8-6-15)29-17-9-11-18(12-10-17)30-21(22,23)24/h5-12H,4H2,1-3H3. The first-order chi connectivity index (χ1) is 14.1. The zero-order valence-corrected chi connectivity index (χ0v) is 16.4. The lowest BCUT2D eigenvalue weighted by Crippen LogP contribution is -2.16. The Morgan fingerprint density at radius 2 is 1.37 bits per heavy atom. The smallest absolute Gasteiger partial charge is 0.462 e. The molecule has 2 rings (SSSR count). The molecule has 0 N–H and O–H groups in total. The van der Waals surface area contributed by atoms with Gasteiger partial charge in [-0.2, -0.15) is 0 Å². The monoisotopic (exact) mass is 424 g/mol. The van der Waals surface area contributed by atoms with E-state index in [-0.39, 0.29) is 29.4 Å². The molecule has 0 aliphatic heterocycles. The molecule has 0 unspecified atom stereocenters. The molecule has 0 aromatic heterocycles. The molecular weight excluding hydrogens is 405 g/mol. The van der Waals surface area contributed by atoms with E-state index >= 15 is 0 Å². The Morgan fingerprint density at radius 3 is 1.83 bits per heavy atom. The minimum absolute atomic E-state index is 0.0900. The Hall–Kier alpha value is -3.49. The SMILES string of the molecule is CCOC(=O)C(=C(C)OC(C)=O)c1ccc(Oc2ccc(OC(F)(F)F)cc2)cc1. The highest BCUT2D eigenvalue weighted by atomic mass is 19.4. The zero-order valence-electron chi connectivity index (χ0n) is 16.4. The molecule has 0 fully saturated rings. The van der Waals surface area contributed by atoms with E-state index in [0.29, 0.717) is 11.3 Å². The van der Waals surface area contributed by atoms with Gasteiger partial charge >= 0.3 is 18.3 Å². The highest BCUT2D eigenvalue weighted by Crippen LogP contribution is 2.29. The summed E-state index contributed by atoms with van der Waals surface area (Å²) in [6.07, 6.45) is -4.77. The second-order valence-electron chi connectivity index (χ2n) is 5.89. The van der Waals surface area contributed by atoms with Gasteiger partial charge in [-0.3, -0.25) is 4.79 Å². The lowest BCUT2D eigenvalue weighted by Gasteiger charge is -2.12. The summed E-state index contributed by atoms with van der Waals surface area (Å²) in [5.41, 5.74) is 0.528. The van der Waals surface area contributed by atoms with E-state index in [4.69, 9.17) is 14.2 Å². The molecule has 0 radical (unpaired) electrons. The molecule has 2 aromatic carbocycles. The Labute approximate surface area is 170 Å². The summed E-state index contributed by atoms with van der Waals surface area (Å²) in [4.78, 5) is 23.5. The van der Waals surface area contributed by atoms with Gasteiger partial charge in [-0.1, -0.05) is 12.1 Å². The van der Waals surface area contributed by atoms with Crippen LogP contribution in [-0.4, -0.2) is 24.9 Å². The van der Waals surface area contributed by atoms with Crippen LogP contribution in [0.5, 0.6) is 17.2 Å². The van der Waals surface area contributed by atoms with Gasteiger partial charge in [0.05, 0.1) is 6.61 Å². The molecule has 0 spiro atoms. The molecule has 0 saturated carbocycles. The molecule has 0 heterocycles. The van der Waals surface area contributed by atoms with Crippen molar-refractivity contribution in [2.24, 2.45) is 0 Å². The molecule has 30 heavy (non-hydrogen) atoms. The fourth-order valence-electron chi connectivity index (χ4n) is 2.47. The highest BCUT2D eigenvalue weighted by molar-refractivity contribution is 6.17. The molecule has 0 amide bonds. The number of carbonyl (C=O) groups is 2. The van der Waals surface area contributed by atoms with E-state index in [0.717, 1.165) is 12.1 Å². The van der Waals surface area contributed by atoms with Crippen molar-refractivity contribution < 1.29 is 41.7 Å². The van der Waals surface area contributed by atoms with Crippen LogP contribution >= 0.6 is 0 Å². The first kappa shape index (κ1) is 22.8. The number of ether oxygens (including phenoxy) is 4. The van der Waals surface area contributed by atoms with Gasteiger partial charge in [0, 0.05) is 6.92 Å². The molecule has 0 aliphatic carbocycles. The number of benzene rings is 2. The number of alkyl halides is 3. The van der Waals surface area contributed by atoms with Gasteiger partial charge in [-0.25, -0.2) is 4.79 Å². The third-order valence-electron chi connectivity index (χ3n) is 3.56. The number of allylic oxidation sites excluding steroid dienone is 1. The fourth-order valence-corrected chi connectivity index (χ4v) is 2.47. The molecule has 6 nitrogen and oxygen atoms in total. The third kappa shape index (κ3) is 6.84. The largest absolute Gasteiger partial charge is 0.573 e. The predicted molar refractivity (Wildman–Crippen MR) is 101 cm³/mol. The molecule has 2 aromatic rings. The summed E-state index contributed by atoms with van der Waals surface area (Å²) in [6, 6.07) is 11.1. The summed E-state index contributed by atoms with van der Waals surface area (Å²) in [5.74, 6) is -0.839. The topological polar surface area (TPSA) is 71.1 Å². The number of hydrogen-bond donors (Lipinski definition) is 0. The van der Waals surface area contributed by atoms with E-state index in [1.54, 1.807) is 31.2 Å². The number of hydrogen-bond acceptors (Lipinski definition) is 6. The van der Waals surface area contributed by atoms with E-state index in [9.17, 15) is 22.8 Å². The van der Waals surface area contributed by atoms with Gasteiger partial charge in [-0.15, -0.1) is 13.2 Å². The van der Waals surface area contributed by atoms with Crippen LogP contribution in [0, 0.1) is 0 Å². The zero-order chi connectivity index (χ0) is 22.3. The van der Waals surface area contributed by atoms with Crippen molar-refractivity contribution in [2.45, 2.75) is 27.1 Å². The lowest BCUT2D eigenvalue weighted by molar-refractivity contribution is -0.274. The van der Waals surface area contributed by atoms with Crippen molar-refractivity contribution in [3.05, 3.63) is 59.9 Å². The molecule has 0 aliphatic rings. The second kappa shape index (κ2) is 9.82. The van der Waals surface area contributed by atoms with Crippen LogP contribution in [0.1, 0.15) is 26.3 Å². The van der Waals surface area contributed by atoms with E-state index in [1.165, 1.54) is 26.0 Å². The molecule has 9 heteroatoms. The van der Waals surface area contributed by atoms with Crippen LogP contribution in [-0.2, 0) is 19.1 Å². The van der Waals surface area contributed by atoms with Crippen molar-refractivity contribution in [3.8, 4) is 17.2 Å². The summed E-state index contributed by atoms with van der Waals surface area (Å²) < 4.78 is 56.0. The molecule has 0 saturated heterocycles. The van der Waals surface area contributed by atoms with Crippen LogP contribution in [0.4, 0.5) is 13.2 Å². The Balaban J connectivity index is 2.19. The highest BCUT2D eigenvalue weighted by Gasteiger charge is 2.31. The molecule has 0 atom stereocenters. The maximum absolute atomic E-state index is 12.3. The van der Waals surface area contributed by atoms with Crippen molar-refractivity contribution >= 4 is 17.5 Å². The molecular formula is C21H19F3O6. The van der Waals surface area contributed by atoms with Gasteiger partial charge in [0.1, 0.15) is 28.6 Å². The fraction of sp³-hybridized carbons (Fsp3) is 0.238. The first-order valence-electron chi connectivity index (χ1n) is 8.79. The third-order valence-corrected chi connectivity index (χ3v) is 3.56. The predicted octanol–water partition coefficient (Wildman–Crippen LogP) is 5.23. The van der Waals surface area contributed by atoms with Crippen LogP contribution in [0.25, 0.3) is 5.57 Å². The number of carbonyl (C=O) groups excluding carboxylic acids is 2. The van der Waals surface area contributed by atoms with Crippen LogP contribution in [0.2, 0.25) is 0 Å². The van der Waals surface area contributed by atoms with Crippen LogP contribution in [0.15, 0.2) is 54.3 Å². The number of esters is 2. The van der Waals surface area contributed by atoms with Crippen molar-refractivity contribution in [3.63, 3.8) is 0 Å². The number of halogens is 3. The van der Waals surface area contributed by atoms with Crippen molar-refractivity contribution in [1.82, 2.24) is 0 Å². The van der Waals surface area contributed by atoms with E-state index < -0.39 is 18.3 Å². The second-order valence-corrected chi connectivity index (χ2v) is 5.89. The maximum Gasteiger partial charge on any atom is 0.573 e. The first-order valence-corrected chi connectivity index (χ1v) is 8.79. The van der Waals surface area contributed by atoms with Crippen molar-refractivity contribution in [2.75, 3.05) is 6.61 Å². The summed E-state index contributed by atoms with van der Waals surface area (Å²) in [5, 5.41) is 0. The minimum atomic E-state index is -4.77. The van der Waals surface area contributed by atoms with Gasteiger partial charge in [0.15, 0.2) is 0 Å². The number of rotatable bonds is 7. The quantitative estimate of drug-likeness (QED) is 0.344. The van der Waals surface area contributed by atoms with E-state index in [2.05, 4.69) is 4.74 Å². The Morgan fingerprint density at radius 1 is 0.867 bits per heavy atom. The van der Waals surface area contributed by atoms with Crippen LogP contribution in [0.3, 0.4) is 0 Å². The normalized spacial score (nSPS) is 11.9. The van der Waals surface area contributed by atoms with Crippen molar-refractivity contribution in [1.29, 1.82) is 0 Å². The van der Waals surface area contributed by atoms with Crippen LogP contribution < -0.4 is 9.47 Å². The average molecular weight is 424 g/mol. The Kier molecular flexibility index (Phi) is 7.46. The van der Waals surface area contributed by atoms with Gasteiger partial charge in [-0.05, 0) is 55.8 Å². The summed E-state index contributed by atoms with van der Waals surface area (Å²) in [7, 11) is 0. The molecule has 0 bridgehead atoms. The lowest BCUT2D eigenvalue weighted by atomic mass is 10.0. The average Bonchev–Trinajstić information content (AvgIpc) is 2.63.